The lowest BCUT2D eigenvalue weighted by molar-refractivity contribution is 1.23. The quantitative estimate of drug-likeness (QED) is 0.541. The van der Waals surface area contributed by atoms with Crippen LogP contribution in [0.2, 0.25) is 0 Å². The molecule has 2 aromatic rings. The zero-order chi connectivity index (χ0) is 10.7. The molecule has 0 unspecified atom stereocenters. The van der Waals surface area contributed by atoms with Crippen molar-refractivity contribution in [1.82, 2.24) is 9.97 Å². The summed E-state index contributed by atoms with van der Waals surface area (Å²) in [5.41, 5.74) is 7.41. The lowest BCUT2D eigenvalue weighted by Gasteiger charge is -1.99. The number of alkyl halides is 1. The summed E-state index contributed by atoms with van der Waals surface area (Å²) < 4.78 is 0. The molecule has 0 aliphatic heterocycles. The number of nitrogens with zero attached hydrogens (tertiary/aromatic N) is 2. The first kappa shape index (κ1) is 9.75. The maximum atomic E-state index is 5.73. The molecule has 0 amide bonds. The predicted molar refractivity (Wildman–Crippen MR) is 61.5 cm³/mol. The van der Waals surface area contributed by atoms with Gasteiger partial charge in [0.1, 0.15) is 12.1 Å². The number of anilines is 1. The average molecular weight is 218 g/mol. The topological polar surface area (TPSA) is 51.8 Å². The number of aromatic nitrogens is 2. The van der Waals surface area contributed by atoms with Crippen LogP contribution in [0.4, 0.5) is 5.82 Å². The lowest BCUT2D eigenvalue weighted by atomic mass is 10.1. The van der Waals surface area contributed by atoms with Crippen LogP contribution in [-0.2, 0) is 0 Å². The van der Waals surface area contributed by atoms with Crippen molar-refractivity contribution in [3.8, 4) is 11.8 Å². The molecule has 0 aliphatic rings. The van der Waals surface area contributed by atoms with Crippen LogP contribution in [0.3, 0.4) is 0 Å². The van der Waals surface area contributed by atoms with E-state index in [0.29, 0.717) is 11.7 Å². The Hall–Kier alpha value is -1.79. The SMILES string of the molecule is Nc1ncnc2ccc(C#CCCl)cc12. The third kappa shape index (κ3) is 2.00. The number of nitrogens with two attached hydrogens (primary N) is 1. The molecule has 0 atom stereocenters. The van der Waals surface area contributed by atoms with Gasteiger partial charge in [-0.25, -0.2) is 9.97 Å². The molecule has 1 heterocycles. The smallest absolute Gasteiger partial charge is 0.134 e. The number of nitrogen functional groups attached to an aromatic ring is 1. The molecule has 0 aliphatic carbocycles. The van der Waals surface area contributed by atoms with Crippen LogP contribution in [0.5, 0.6) is 0 Å². The Labute approximate surface area is 92.3 Å². The van der Waals surface area contributed by atoms with Crippen molar-refractivity contribution in [2.45, 2.75) is 0 Å². The normalized spacial score (nSPS) is 9.67. The molecule has 2 N–H and O–H groups in total. The van der Waals surface area contributed by atoms with Gasteiger partial charge in [0.2, 0.25) is 0 Å². The molecule has 0 fully saturated rings. The van der Waals surface area contributed by atoms with Gasteiger partial charge in [0.05, 0.1) is 11.4 Å². The van der Waals surface area contributed by atoms with E-state index in [1.54, 1.807) is 0 Å². The number of hydrogen-bond acceptors (Lipinski definition) is 3. The Bertz CT molecular complexity index is 554. The molecule has 0 saturated carbocycles. The van der Waals surface area contributed by atoms with Gasteiger partial charge in [0.25, 0.3) is 0 Å². The number of hydrogen-bond donors (Lipinski definition) is 1. The summed E-state index contributed by atoms with van der Waals surface area (Å²) >= 11 is 5.48. The fraction of sp³-hybridized carbons (Fsp3) is 0.0909. The molecule has 0 bridgehead atoms. The molecule has 0 saturated heterocycles. The van der Waals surface area contributed by atoms with Gasteiger partial charge in [0, 0.05) is 10.9 Å². The van der Waals surface area contributed by atoms with Gasteiger partial charge in [-0.15, -0.1) is 11.6 Å². The summed E-state index contributed by atoms with van der Waals surface area (Å²) in [6.07, 6.45) is 1.45. The first-order valence-corrected chi connectivity index (χ1v) is 4.90. The number of halogens is 1. The standard InChI is InChI=1S/C11H8ClN3/c12-5-1-2-8-3-4-10-9(6-8)11(13)15-7-14-10/h3-4,6-7H,5H2,(H2,13,14,15). The predicted octanol–water partition coefficient (Wildman–Crippen LogP) is 1.80. The van der Waals surface area contributed by atoms with Gasteiger partial charge in [-0.05, 0) is 18.2 Å². The summed E-state index contributed by atoms with van der Waals surface area (Å²) in [4.78, 5) is 8.02. The van der Waals surface area contributed by atoms with Crippen LogP contribution in [0.25, 0.3) is 10.9 Å². The van der Waals surface area contributed by atoms with Crippen LogP contribution in [0, 0.1) is 11.8 Å². The van der Waals surface area contributed by atoms with E-state index in [-0.39, 0.29) is 0 Å². The van der Waals surface area contributed by atoms with E-state index in [1.807, 2.05) is 18.2 Å². The highest BCUT2D eigenvalue weighted by atomic mass is 35.5. The summed E-state index contributed by atoms with van der Waals surface area (Å²) in [6, 6.07) is 5.62. The van der Waals surface area contributed by atoms with E-state index in [4.69, 9.17) is 17.3 Å². The van der Waals surface area contributed by atoms with E-state index in [0.717, 1.165) is 16.5 Å². The van der Waals surface area contributed by atoms with Crippen molar-refractivity contribution in [3.05, 3.63) is 30.1 Å². The monoisotopic (exact) mass is 217 g/mol. The molecular formula is C11H8ClN3. The molecule has 3 nitrogen and oxygen atoms in total. The first-order valence-electron chi connectivity index (χ1n) is 4.36. The molecule has 4 heteroatoms. The Balaban J connectivity index is 2.59. The zero-order valence-corrected chi connectivity index (χ0v) is 8.62. The molecule has 1 aromatic heterocycles. The van der Waals surface area contributed by atoms with Crippen LogP contribution >= 0.6 is 11.6 Å². The van der Waals surface area contributed by atoms with Crippen molar-refractivity contribution in [1.29, 1.82) is 0 Å². The Morgan fingerprint density at radius 3 is 3.00 bits per heavy atom. The Morgan fingerprint density at radius 1 is 1.33 bits per heavy atom. The zero-order valence-electron chi connectivity index (χ0n) is 7.87. The minimum Gasteiger partial charge on any atom is -0.383 e. The second kappa shape index (κ2) is 4.16. The fourth-order valence-corrected chi connectivity index (χ4v) is 1.36. The van der Waals surface area contributed by atoms with Crippen molar-refractivity contribution in [2.75, 3.05) is 11.6 Å². The minimum atomic E-state index is 0.318. The first-order chi connectivity index (χ1) is 7.31. The molecule has 15 heavy (non-hydrogen) atoms. The largest absolute Gasteiger partial charge is 0.383 e. The van der Waals surface area contributed by atoms with Crippen LogP contribution in [-0.4, -0.2) is 15.8 Å². The van der Waals surface area contributed by atoms with Crippen molar-refractivity contribution < 1.29 is 0 Å². The van der Waals surface area contributed by atoms with E-state index < -0.39 is 0 Å². The molecule has 0 radical (unpaired) electrons. The second-order valence-corrected chi connectivity index (χ2v) is 3.19. The third-order valence-electron chi connectivity index (χ3n) is 1.97. The highest BCUT2D eigenvalue weighted by molar-refractivity contribution is 6.19. The van der Waals surface area contributed by atoms with E-state index in [9.17, 15) is 0 Å². The van der Waals surface area contributed by atoms with Gasteiger partial charge in [0.15, 0.2) is 0 Å². The lowest BCUT2D eigenvalue weighted by Crippen LogP contribution is -1.93. The van der Waals surface area contributed by atoms with Gasteiger partial charge in [-0.2, -0.15) is 0 Å². The van der Waals surface area contributed by atoms with E-state index in [2.05, 4.69) is 21.8 Å². The average Bonchev–Trinajstić information content (AvgIpc) is 2.27. The molecule has 74 valence electrons. The minimum absolute atomic E-state index is 0.318. The van der Waals surface area contributed by atoms with E-state index >= 15 is 0 Å². The van der Waals surface area contributed by atoms with Crippen molar-refractivity contribution in [3.63, 3.8) is 0 Å². The number of benzene rings is 1. The maximum Gasteiger partial charge on any atom is 0.134 e. The summed E-state index contributed by atoms with van der Waals surface area (Å²) in [5.74, 6) is 6.49. The summed E-state index contributed by atoms with van der Waals surface area (Å²) in [5, 5.41) is 0.818. The van der Waals surface area contributed by atoms with Crippen molar-refractivity contribution in [2.24, 2.45) is 0 Å². The molecule has 0 spiro atoms. The Morgan fingerprint density at radius 2 is 2.20 bits per heavy atom. The highest BCUT2D eigenvalue weighted by Crippen LogP contribution is 2.17. The summed E-state index contributed by atoms with van der Waals surface area (Å²) in [7, 11) is 0. The van der Waals surface area contributed by atoms with Crippen LogP contribution in [0.15, 0.2) is 24.5 Å². The molecular weight excluding hydrogens is 210 g/mol. The van der Waals surface area contributed by atoms with Crippen molar-refractivity contribution >= 4 is 28.3 Å². The fourth-order valence-electron chi connectivity index (χ4n) is 1.29. The highest BCUT2D eigenvalue weighted by Gasteiger charge is 1.99. The van der Waals surface area contributed by atoms with Gasteiger partial charge in [-0.1, -0.05) is 11.8 Å². The second-order valence-electron chi connectivity index (χ2n) is 2.93. The van der Waals surface area contributed by atoms with Crippen LogP contribution in [0.1, 0.15) is 5.56 Å². The summed E-state index contributed by atoms with van der Waals surface area (Å²) in [6.45, 7) is 0. The van der Waals surface area contributed by atoms with E-state index in [1.165, 1.54) is 6.33 Å². The number of rotatable bonds is 0. The number of fused-ring (bicyclic) bond motifs is 1. The maximum absolute atomic E-state index is 5.73. The third-order valence-corrected chi connectivity index (χ3v) is 2.10. The van der Waals surface area contributed by atoms with Gasteiger partial charge >= 0.3 is 0 Å². The van der Waals surface area contributed by atoms with Gasteiger partial charge in [-0.3, -0.25) is 0 Å². The van der Waals surface area contributed by atoms with Crippen LogP contribution < -0.4 is 5.73 Å². The molecule has 2 rings (SSSR count). The van der Waals surface area contributed by atoms with Gasteiger partial charge < -0.3 is 5.73 Å². The molecule has 1 aromatic carbocycles. The Kier molecular flexibility index (Phi) is 2.70.